The number of nitrogens with zero attached hydrogens (tertiary/aromatic N) is 2. The van der Waals surface area contributed by atoms with Crippen molar-refractivity contribution in [3.8, 4) is 11.8 Å². The molecule has 0 aliphatic rings. The molecule has 0 saturated heterocycles. The number of aldehydes is 1. The van der Waals surface area contributed by atoms with Crippen LogP contribution in [0, 0.1) is 0 Å². The van der Waals surface area contributed by atoms with Crippen molar-refractivity contribution in [1.82, 2.24) is 9.97 Å². The Morgan fingerprint density at radius 2 is 1.89 bits per heavy atom. The third-order valence-electron chi connectivity index (χ3n) is 2.23. The van der Waals surface area contributed by atoms with E-state index in [1.54, 1.807) is 12.1 Å². The molecule has 2 aromatic rings. The first-order valence-corrected chi connectivity index (χ1v) is 7.13. The molecule has 0 aliphatic heterocycles. The lowest BCUT2D eigenvalue weighted by atomic mass is 10.3. The summed E-state index contributed by atoms with van der Waals surface area (Å²) in [6.45, 7) is 0. The topological polar surface area (TPSA) is 86.2 Å². The van der Waals surface area contributed by atoms with E-state index in [-0.39, 0.29) is 10.9 Å². The van der Waals surface area contributed by atoms with Crippen LogP contribution in [0.2, 0.25) is 0 Å². The molecule has 0 spiro atoms. The second-order valence-electron chi connectivity index (χ2n) is 3.77. The maximum Gasteiger partial charge on any atom is 0.321 e. The van der Waals surface area contributed by atoms with Crippen molar-refractivity contribution in [3.05, 3.63) is 42.2 Å². The lowest BCUT2D eigenvalue weighted by Crippen LogP contribution is -1.98. The minimum Gasteiger partial charge on any atom is -0.424 e. The molecule has 98 valence electrons. The predicted octanol–water partition coefficient (Wildman–Crippen LogP) is 1.48. The maximum atomic E-state index is 11.4. The van der Waals surface area contributed by atoms with Crippen LogP contribution in [-0.2, 0) is 9.84 Å². The minimum absolute atomic E-state index is 0.0382. The zero-order valence-corrected chi connectivity index (χ0v) is 10.8. The molecule has 1 heterocycles. The average molecular weight is 278 g/mol. The normalized spacial score (nSPS) is 11.0. The number of sulfone groups is 1. The Bertz CT molecular complexity index is 696. The first-order valence-electron chi connectivity index (χ1n) is 5.24. The number of carbonyl (C=O) groups is 1. The third-order valence-corrected chi connectivity index (χ3v) is 3.34. The summed E-state index contributed by atoms with van der Waals surface area (Å²) in [4.78, 5) is 18.2. The first kappa shape index (κ1) is 13.2. The fourth-order valence-corrected chi connectivity index (χ4v) is 1.97. The van der Waals surface area contributed by atoms with Crippen LogP contribution in [0.1, 0.15) is 10.4 Å². The van der Waals surface area contributed by atoms with E-state index in [9.17, 15) is 13.2 Å². The van der Waals surface area contributed by atoms with Crippen molar-refractivity contribution < 1.29 is 17.9 Å². The molecule has 0 unspecified atom stereocenters. The molecule has 1 aromatic heterocycles. The molecule has 19 heavy (non-hydrogen) atoms. The number of benzene rings is 1. The van der Waals surface area contributed by atoms with Crippen molar-refractivity contribution in [1.29, 1.82) is 0 Å². The largest absolute Gasteiger partial charge is 0.424 e. The van der Waals surface area contributed by atoms with Crippen molar-refractivity contribution in [2.24, 2.45) is 0 Å². The van der Waals surface area contributed by atoms with Gasteiger partial charge in [0.05, 0.1) is 10.5 Å². The molecular weight excluding hydrogens is 268 g/mol. The summed E-state index contributed by atoms with van der Waals surface area (Å²) in [5, 5.41) is 0. The summed E-state index contributed by atoms with van der Waals surface area (Å²) in [5.41, 5.74) is 0.331. The predicted molar refractivity (Wildman–Crippen MR) is 67.0 cm³/mol. The zero-order chi connectivity index (χ0) is 13.9. The van der Waals surface area contributed by atoms with Crippen molar-refractivity contribution in [3.63, 3.8) is 0 Å². The summed E-state index contributed by atoms with van der Waals surface area (Å²) < 4.78 is 28.1. The van der Waals surface area contributed by atoms with Crippen LogP contribution in [0.25, 0.3) is 0 Å². The molecule has 0 amide bonds. The minimum atomic E-state index is -3.30. The van der Waals surface area contributed by atoms with Crippen LogP contribution in [0.4, 0.5) is 0 Å². The smallest absolute Gasteiger partial charge is 0.321 e. The Hall–Kier alpha value is -2.28. The second-order valence-corrected chi connectivity index (χ2v) is 5.78. The summed E-state index contributed by atoms with van der Waals surface area (Å²) in [5.74, 6) is 0.307. The average Bonchev–Trinajstić information content (AvgIpc) is 2.39. The summed E-state index contributed by atoms with van der Waals surface area (Å²) >= 11 is 0. The Morgan fingerprint density at radius 1 is 1.21 bits per heavy atom. The Balaban J connectivity index is 2.25. The van der Waals surface area contributed by atoms with Crippen molar-refractivity contribution in [2.75, 3.05) is 6.26 Å². The molecular formula is C12H10N2O4S. The maximum absolute atomic E-state index is 11.4. The van der Waals surface area contributed by atoms with Gasteiger partial charge in [-0.25, -0.2) is 18.4 Å². The van der Waals surface area contributed by atoms with Gasteiger partial charge in [-0.2, -0.15) is 0 Å². The molecule has 0 saturated carbocycles. The van der Waals surface area contributed by atoms with E-state index in [1.165, 1.54) is 24.5 Å². The Kier molecular flexibility index (Phi) is 3.57. The van der Waals surface area contributed by atoms with Crippen LogP contribution in [0.3, 0.4) is 0 Å². The molecule has 1 aromatic carbocycles. The van der Waals surface area contributed by atoms with E-state index in [4.69, 9.17) is 4.74 Å². The number of ether oxygens (including phenoxy) is 1. The van der Waals surface area contributed by atoms with Gasteiger partial charge >= 0.3 is 6.01 Å². The molecule has 6 nitrogen and oxygen atoms in total. The van der Waals surface area contributed by atoms with E-state index < -0.39 is 9.84 Å². The highest BCUT2D eigenvalue weighted by Gasteiger charge is 2.09. The standard InChI is InChI=1S/C12H10N2O4S/c1-19(16,17)11-4-2-3-10(5-11)18-12-13-6-9(8-15)7-14-12/h2-8H,1H3. The fraction of sp³-hybridized carbons (Fsp3) is 0.0833. The van der Waals surface area contributed by atoms with E-state index in [0.717, 1.165) is 6.26 Å². The summed E-state index contributed by atoms with van der Waals surface area (Å²) in [6.07, 6.45) is 4.36. The van der Waals surface area contributed by atoms with Gasteiger partial charge in [0.25, 0.3) is 0 Å². The molecule has 0 N–H and O–H groups in total. The van der Waals surface area contributed by atoms with Crippen molar-refractivity contribution in [2.45, 2.75) is 4.90 Å². The van der Waals surface area contributed by atoms with Gasteiger partial charge in [0.2, 0.25) is 0 Å². The Labute approximate surface area is 110 Å². The molecule has 0 bridgehead atoms. The fourth-order valence-electron chi connectivity index (χ4n) is 1.31. The number of aromatic nitrogens is 2. The number of rotatable bonds is 4. The van der Waals surface area contributed by atoms with Gasteiger partial charge in [0.1, 0.15) is 5.75 Å². The highest BCUT2D eigenvalue weighted by atomic mass is 32.2. The lowest BCUT2D eigenvalue weighted by Gasteiger charge is -2.05. The molecule has 0 radical (unpaired) electrons. The lowest BCUT2D eigenvalue weighted by molar-refractivity contribution is 0.112. The summed E-state index contributed by atoms with van der Waals surface area (Å²) in [7, 11) is -3.30. The van der Waals surface area contributed by atoms with Gasteiger partial charge in [0.15, 0.2) is 16.1 Å². The summed E-state index contributed by atoms with van der Waals surface area (Å²) in [6, 6.07) is 6.04. The monoisotopic (exact) mass is 278 g/mol. The third kappa shape index (κ3) is 3.35. The van der Waals surface area contributed by atoms with Gasteiger partial charge < -0.3 is 4.74 Å². The van der Waals surface area contributed by atoms with Crippen LogP contribution < -0.4 is 4.74 Å². The molecule has 7 heteroatoms. The molecule has 0 fully saturated rings. The second kappa shape index (κ2) is 5.15. The van der Waals surface area contributed by atoms with Crippen LogP contribution >= 0.6 is 0 Å². The van der Waals surface area contributed by atoms with E-state index in [0.29, 0.717) is 17.6 Å². The van der Waals surface area contributed by atoms with Crippen LogP contribution in [-0.4, -0.2) is 30.9 Å². The number of hydrogen-bond donors (Lipinski definition) is 0. The zero-order valence-electron chi connectivity index (χ0n) is 9.98. The van der Waals surface area contributed by atoms with Crippen LogP contribution in [0.5, 0.6) is 11.8 Å². The Morgan fingerprint density at radius 3 is 2.47 bits per heavy atom. The molecule has 0 atom stereocenters. The van der Waals surface area contributed by atoms with Gasteiger partial charge in [-0.1, -0.05) is 6.07 Å². The molecule has 2 rings (SSSR count). The highest BCUT2D eigenvalue weighted by molar-refractivity contribution is 7.90. The van der Waals surface area contributed by atoms with Crippen LogP contribution in [0.15, 0.2) is 41.6 Å². The van der Waals surface area contributed by atoms with Crippen molar-refractivity contribution >= 4 is 16.1 Å². The van der Waals surface area contributed by atoms with E-state index in [1.807, 2.05) is 0 Å². The van der Waals surface area contributed by atoms with Gasteiger partial charge in [-0.3, -0.25) is 4.79 Å². The number of carbonyl (C=O) groups excluding carboxylic acids is 1. The van der Waals surface area contributed by atoms with E-state index in [2.05, 4.69) is 9.97 Å². The highest BCUT2D eigenvalue weighted by Crippen LogP contribution is 2.21. The first-order chi connectivity index (χ1) is 8.99. The van der Waals surface area contributed by atoms with E-state index >= 15 is 0 Å². The molecule has 0 aliphatic carbocycles. The quantitative estimate of drug-likeness (QED) is 0.787. The van der Waals surface area contributed by atoms with Gasteiger partial charge in [0, 0.05) is 18.6 Å². The van der Waals surface area contributed by atoms with Gasteiger partial charge in [-0.05, 0) is 18.2 Å². The SMILES string of the molecule is CS(=O)(=O)c1cccc(Oc2ncc(C=O)cn2)c1. The number of hydrogen-bond acceptors (Lipinski definition) is 6. The van der Waals surface area contributed by atoms with Gasteiger partial charge in [-0.15, -0.1) is 0 Å².